The minimum Gasteiger partial charge on any atom is -0.491 e. The topological polar surface area (TPSA) is 73.9 Å². The molecule has 7 heteroatoms. The van der Waals surface area contributed by atoms with Gasteiger partial charge >= 0.3 is 5.97 Å². The lowest BCUT2D eigenvalue weighted by Crippen LogP contribution is -2.40. The number of hydrogen-bond acceptors (Lipinski definition) is 5. The Kier molecular flexibility index (Phi) is 5.39. The largest absolute Gasteiger partial charge is 0.491 e. The maximum Gasteiger partial charge on any atom is 0.331 e. The van der Waals surface area contributed by atoms with Gasteiger partial charge in [-0.1, -0.05) is 29.8 Å². The number of nitrogens with one attached hydrogen (secondary N) is 1. The molecule has 1 unspecified atom stereocenters. The third kappa shape index (κ3) is 3.50. The van der Waals surface area contributed by atoms with Crippen LogP contribution in [0.2, 0.25) is 5.02 Å². The fourth-order valence-electron chi connectivity index (χ4n) is 3.08. The molecule has 1 aliphatic rings. The quantitative estimate of drug-likeness (QED) is 0.765. The average Bonchev–Trinajstić information content (AvgIpc) is 2.91. The highest BCUT2D eigenvalue weighted by molar-refractivity contribution is 6.31. The number of anilines is 1. The number of benzene rings is 2. The van der Waals surface area contributed by atoms with Crippen molar-refractivity contribution in [3.63, 3.8) is 0 Å². The molecule has 6 nitrogen and oxygen atoms in total. The minimum absolute atomic E-state index is 0.118. The van der Waals surface area contributed by atoms with E-state index in [0.717, 1.165) is 0 Å². The Morgan fingerprint density at radius 3 is 2.63 bits per heavy atom. The van der Waals surface area contributed by atoms with Gasteiger partial charge in [-0.05, 0) is 38.1 Å². The predicted octanol–water partition coefficient (Wildman–Crippen LogP) is 3.51. The van der Waals surface area contributed by atoms with Gasteiger partial charge < -0.3 is 19.5 Å². The summed E-state index contributed by atoms with van der Waals surface area (Å²) in [5.74, 6) is -0.538. The summed E-state index contributed by atoms with van der Waals surface area (Å²) in [4.78, 5) is 24.9. The van der Waals surface area contributed by atoms with Crippen LogP contribution < -0.4 is 10.1 Å². The van der Waals surface area contributed by atoms with Gasteiger partial charge in [0.25, 0.3) is 5.91 Å². The van der Waals surface area contributed by atoms with Crippen molar-refractivity contribution in [2.24, 2.45) is 0 Å². The lowest BCUT2D eigenvalue weighted by molar-refractivity contribution is -0.155. The molecular formula is C20H20ClNO5. The second kappa shape index (κ2) is 7.58. The Morgan fingerprint density at radius 2 is 1.93 bits per heavy atom. The van der Waals surface area contributed by atoms with Gasteiger partial charge in [-0.25, -0.2) is 4.79 Å². The van der Waals surface area contributed by atoms with Crippen LogP contribution in [0, 0.1) is 0 Å². The molecule has 3 rings (SSSR count). The van der Waals surface area contributed by atoms with E-state index in [2.05, 4.69) is 10.1 Å². The van der Waals surface area contributed by atoms with E-state index >= 15 is 0 Å². The number of fused-ring (bicyclic) bond motifs is 1. The molecule has 27 heavy (non-hydrogen) atoms. The van der Waals surface area contributed by atoms with Gasteiger partial charge in [0.2, 0.25) is 5.60 Å². The van der Waals surface area contributed by atoms with Crippen LogP contribution in [0.3, 0.4) is 0 Å². The van der Waals surface area contributed by atoms with Gasteiger partial charge in [0.1, 0.15) is 12.4 Å². The standard InChI is InChI=1S/C20H20ClNO5/c1-12(2)27-17-7-5-4-6-14(17)20(26-11-18(23)25-3)15-10-13(21)8-9-16(15)22-19(20)24/h4-10,12H,11H2,1-3H3,(H,22,24). The molecule has 0 bridgehead atoms. The molecule has 0 radical (unpaired) electrons. The summed E-state index contributed by atoms with van der Waals surface area (Å²) in [5.41, 5.74) is -0.0154. The molecule has 0 saturated carbocycles. The third-order valence-corrected chi connectivity index (χ3v) is 4.43. The second-order valence-electron chi connectivity index (χ2n) is 6.35. The van der Waals surface area contributed by atoms with E-state index in [1.807, 2.05) is 13.8 Å². The predicted molar refractivity (Wildman–Crippen MR) is 101 cm³/mol. The fraction of sp³-hybridized carbons (Fsp3) is 0.300. The van der Waals surface area contributed by atoms with Crippen LogP contribution in [0.5, 0.6) is 5.75 Å². The first-order valence-electron chi connectivity index (χ1n) is 8.47. The van der Waals surface area contributed by atoms with Gasteiger partial charge in [0.15, 0.2) is 0 Å². The molecule has 142 valence electrons. The molecule has 2 aromatic carbocycles. The average molecular weight is 390 g/mol. The van der Waals surface area contributed by atoms with Crippen molar-refractivity contribution in [2.75, 3.05) is 19.0 Å². The molecule has 0 fully saturated rings. The van der Waals surface area contributed by atoms with Crippen LogP contribution in [0.4, 0.5) is 5.69 Å². The van der Waals surface area contributed by atoms with Crippen LogP contribution >= 0.6 is 11.6 Å². The number of para-hydroxylation sites is 1. The summed E-state index contributed by atoms with van der Waals surface area (Å²) in [6.45, 7) is 3.36. The number of amides is 1. The van der Waals surface area contributed by atoms with E-state index in [0.29, 0.717) is 27.6 Å². The van der Waals surface area contributed by atoms with E-state index in [1.54, 1.807) is 42.5 Å². The van der Waals surface area contributed by atoms with Gasteiger partial charge in [0, 0.05) is 21.8 Å². The van der Waals surface area contributed by atoms with Crippen molar-refractivity contribution >= 4 is 29.2 Å². The zero-order valence-corrected chi connectivity index (χ0v) is 16.0. The number of esters is 1. The van der Waals surface area contributed by atoms with Crippen molar-refractivity contribution in [1.29, 1.82) is 0 Å². The molecule has 1 N–H and O–H groups in total. The first kappa shape index (κ1) is 19.2. The number of rotatable bonds is 6. The Bertz CT molecular complexity index is 882. The van der Waals surface area contributed by atoms with Crippen molar-refractivity contribution in [1.82, 2.24) is 0 Å². The maximum atomic E-state index is 13.1. The summed E-state index contributed by atoms with van der Waals surface area (Å²) in [5, 5.41) is 3.25. The minimum atomic E-state index is -1.58. The van der Waals surface area contributed by atoms with Crippen LogP contribution in [0.25, 0.3) is 0 Å². The molecule has 0 aliphatic carbocycles. The van der Waals surface area contributed by atoms with Crippen LogP contribution in [-0.2, 0) is 24.7 Å². The summed E-state index contributed by atoms with van der Waals surface area (Å²) < 4.78 is 16.5. The number of carbonyl (C=O) groups is 2. The highest BCUT2D eigenvalue weighted by Crippen LogP contribution is 2.47. The van der Waals surface area contributed by atoms with E-state index < -0.39 is 24.1 Å². The van der Waals surface area contributed by atoms with Crippen molar-refractivity contribution < 1.29 is 23.8 Å². The fourth-order valence-corrected chi connectivity index (χ4v) is 3.25. The Labute approximate surface area is 162 Å². The molecule has 1 atom stereocenters. The molecule has 0 aromatic heterocycles. The second-order valence-corrected chi connectivity index (χ2v) is 6.79. The van der Waals surface area contributed by atoms with Gasteiger partial charge in [-0.2, -0.15) is 0 Å². The summed E-state index contributed by atoms with van der Waals surface area (Å²) in [6, 6.07) is 12.1. The lowest BCUT2D eigenvalue weighted by Gasteiger charge is -2.30. The highest BCUT2D eigenvalue weighted by Gasteiger charge is 2.52. The summed E-state index contributed by atoms with van der Waals surface area (Å²) in [6.07, 6.45) is -0.118. The van der Waals surface area contributed by atoms with Crippen LogP contribution in [0.15, 0.2) is 42.5 Å². The normalized spacial score (nSPS) is 18.2. The zero-order valence-electron chi connectivity index (χ0n) is 15.2. The van der Waals surface area contributed by atoms with Crippen molar-refractivity contribution in [2.45, 2.75) is 25.6 Å². The first-order valence-corrected chi connectivity index (χ1v) is 8.84. The van der Waals surface area contributed by atoms with E-state index in [-0.39, 0.29) is 6.10 Å². The van der Waals surface area contributed by atoms with Gasteiger partial charge in [0.05, 0.1) is 13.2 Å². The molecule has 1 aliphatic heterocycles. The monoisotopic (exact) mass is 389 g/mol. The third-order valence-electron chi connectivity index (χ3n) is 4.19. The first-order chi connectivity index (χ1) is 12.9. The number of carbonyl (C=O) groups excluding carboxylic acids is 2. The van der Waals surface area contributed by atoms with Crippen molar-refractivity contribution in [3.05, 3.63) is 58.6 Å². The van der Waals surface area contributed by atoms with E-state index in [9.17, 15) is 9.59 Å². The molecule has 0 saturated heterocycles. The zero-order chi connectivity index (χ0) is 19.6. The number of ether oxygens (including phenoxy) is 3. The molecular weight excluding hydrogens is 370 g/mol. The van der Waals surface area contributed by atoms with Gasteiger partial charge in [-0.15, -0.1) is 0 Å². The lowest BCUT2D eigenvalue weighted by atomic mass is 9.86. The number of halogens is 1. The van der Waals surface area contributed by atoms with E-state index in [1.165, 1.54) is 7.11 Å². The smallest absolute Gasteiger partial charge is 0.331 e. The highest BCUT2D eigenvalue weighted by atomic mass is 35.5. The van der Waals surface area contributed by atoms with Crippen LogP contribution in [-0.4, -0.2) is 31.7 Å². The molecule has 0 spiro atoms. The van der Waals surface area contributed by atoms with Crippen LogP contribution in [0.1, 0.15) is 25.0 Å². The Hall–Kier alpha value is -2.57. The SMILES string of the molecule is COC(=O)COC1(c2ccccc2OC(C)C)C(=O)Nc2ccc(Cl)cc21. The van der Waals surface area contributed by atoms with Gasteiger partial charge in [-0.3, -0.25) is 4.79 Å². The van der Waals surface area contributed by atoms with E-state index in [4.69, 9.17) is 21.1 Å². The van der Waals surface area contributed by atoms with Crippen molar-refractivity contribution in [3.8, 4) is 5.75 Å². The Morgan fingerprint density at radius 1 is 1.19 bits per heavy atom. The molecule has 1 amide bonds. The summed E-state index contributed by atoms with van der Waals surface area (Å²) >= 11 is 6.18. The summed E-state index contributed by atoms with van der Waals surface area (Å²) in [7, 11) is 1.26. The number of methoxy groups -OCH3 is 1. The Balaban J connectivity index is 2.21. The molecule has 2 aromatic rings. The maximum absolute atomic E-state index is 13.1. The number of hydrogen-bond donors (Lipinski definition) is 1. The molecule has 1 heterocycles.